The summed E-state index contributed by atoms with van der Waals surface area (Å²) in [5.74, 6) is 0.642. The van der Waals surface area contributed by atoms with Crippen LogP contribution in [0, 0.1) is 6.92 Å². The van der Waals surface area contributed by atoms with Crippen LogP contribution in [0.5, 0.6) is 11.5 Å². The summed E-state index contributed by atoms with van der Waals surface area (Å²) in [5, 5.41) is 8.99. The van der Waals surface area contributed by atoms with E-state index in [1.807, 2.05) is 66.7 Å². The highest BCUT2D eigenvalue weighted by Crippen LogP contribution is 2.35. The Labute approximate surface area is 183 Å². The molecule has 3 aromatic carbocycles. The van der Waals surface area contributed by atoms with Gasteiger partial charge in [-0.05, 0) is 42.0 Å². The first-order chi connectivity index (χ1) is 15.6. The Hall–Kier alpha value is -4.33. The number of carbonyl (C=O) groups excluding carboxylic acids is 1. The molecule has 0 saturated heterocycles. The molecule has 5 rings (SSSR count). The largest absolute Gasteiger partial charge is 0.485 e. The van der Waals surface area contributed by atoms with Crippen LogP contribution < -0.4 is 20.5 Å². The van der Waals surface area contributed by atoms with Crippen LogP contribution in [0.4, 0.5) is 0 Å². The Kier molecular flexibility index (Phi) is 4.95. The number of nitrogens with zero attached hydrogens (tertiary/aromatic N) is 2. The molecular formula is C24H20N4O4. The summed E-state index contributed by atoms with van der Waals surface area (Å²) in [6, 6.07) is 20.8. The van der Waals surface area contributed by atoms with Gasteiger partial charge >= 0.3 is 0 Å². The number of hydrogen-bond acceptors (Lipinski definition) is 5. The minimum absolute atomic E-state index is 0.0662. The van der Waals surface area contributed by atoms with Crippen LogP contribution in [0.1, 0.15) is 11.3 Å². The van der Waals surface area contributed by atoms with Crippen molar-refractivity contribution < 1.29 is 14.3 Å². The average Bonchev–Trinajstić information content (AvgIpc) is 3.11. The van der Waals surface area contributed by atoms with Gasteiger partial charge in [0.05, 0.1) is 17.5 Å². The number of aryl methyl sites for hydroxylation is 1. The Morgan fingerprint density at radius 2 is 1.78 bits per heavy atom. The summed E-state index contributed by atoms with van der Waals surface area (Å²) in [5.41, 5.74) is 3.88. The molecule has 1 atom stereocenters. The number of hydrazone groups is 1. The molecule has 8 nitrogen and oxygen atoms in total. The first-order valence-electron chi connectivity index (χ1n) is 10.1. The standard InChI is InChI=1S/C24H20N4O4/c1-15-19(24(30)28(27-15)18-9-3-2-4-10-18)13-25-26-23(29)22-14-31-20-11-16-7-5-6-8-17(16)12-21(20)32-22/h2-13,22,27H,14H2,1H3,(H,26,29)/t22-/m0/s1. The molecule has 0 bridgehead atoms. The highest BCUT2D eigenvalue weighted by atomic mass is 16.6. The summed E-state index contributed by atoms with van der Waals surface area (Å²) >= 11 is 0. The first kappa shape index (κ1) is 19.6. The molecule has 0 spiro atoms. The molecule has 8 heteroatoms. The van der Waals surface area contributed by atoms with Gasteiger partial charge in [0.15, 0.2) is 11.5 Å². The van der Waals surface area contributed by atoms with Gasteiger partial charge in [-0.3, -0.25) is 14.7 Å². The summed E-state index contributed by atoms with van der Waals surface area (Å²) in [6.07, 6.45) is 0.477. The van der Waals surface area contributed by atoms with E-state index in [9.17, 15) is 9.59 Å². The Morgan fingerprint density at radius 3 is 2.53 bits per heavy atom. The van der Waals surface area contributed by atoms with Crippen LogP contribution in [0.2, 0.25) is 0 Å². The molecule has 1 aliphatic rings. The first-order valence-corrected chi connectivity index (χ1v) is 10.1. The lowest BCUT2D eigenvalue weighted by Crippen LogP contribution is -2.42. The van der Waals surface area contributed by atoms with Crippen molar-refractivity contribution in [3.05, 3.63) is 88.3 Å². The molecular weight excluding hydrogens is 408 g/mol. The fraction of sp³-hybridized carbons (Fsp3) is 0.125. The monoisotopic (exact) mass is 428 g/mol. The number of aromatic amines is 1. The number of rotatable bonds is 4. The number of fused-ring (bicyclic) bond motifs is 2. The van der Waals surface area contributed by atoms with Gasteiger partial charge < -0.3 is 9.47 Å². The third-order valence-corrected chi connectivity index (χ3v) is 5.26. The molecule has 0 aliphatic carbocycles. The molecule has 4 aromatic rings. The Morgan fingerprint density at radius 1 is 1.09 bits per heavy atom. The second-order valence-electron chi connectivity index (χ2n) is 7.42. The van der Waals surface area contributed by atoms with Gasteiger partial charge in [0.2, 0.25) is 6.10 Å². The molecule has 2 heterocycles. The van der Waals surface area contributed by atoms with E-state index in [1.54, 1.807) is 6.92 Å². The van der Waals surface area contributed by atoms with Crippen molar-refractivity contribution in [2.75, 3.05) is 6.61 Å². The summed E-state index contributed by atoms with van der Waals surface area (Å²) in [7, 11) is 0. The van der Waals surface area contributed by atoms with E-state index >= 15 is 0 Å². The van der Waals surface area contributed by atoms with Gasteiger partial charge in [0.1, 0.15) is 6.61 Å². The lowest BCUT2D eigenvalue weighted by molar-refractivity contribution is -0.130. The highest BCUT2D eigenvalue weighted by molar-refractivity contribution is 5.88. The van der Waals surface area contributed by atoms with Crippen molar-refractivity contribution in [3.8, 4) is 17.2 Å². The van der Waals surface area contributed by atoms with Crippen LogP contribution in [0.3, 0.4) is 0 Å². The van der Waals surface area contributed by atoms with Crippen LogP contribution in [0.25, 0.3) is 16.5 Å². The van der Waals surface area contributed by atoms with Gasteiger partial charge in [-0.15, -0.1) is 0 Å². The van der Waals surface area contributed by atoms with E-state index in [1.165, 1.54) is 10.9 Å². The fourth-order valence-electron chi connectivity index (χ4n) is 3.59. The van der Waals surface area contributed by atoms with E-state index in [4.69, 9.17) is 9.47 Å². The smallest absolute Gasteiger partial charge is 0.284 e. The summed E-state index contributed by atoms with van der Waals surface area (Å²) < 4.78 is 13.0. The number of aromatic nitrogens is 2. The molecule has 1 aliphatic heterocycles. The Bertz CT molecular complexity index is 1390. The van der Waals surface area contributed by atoms with Gasteiger partial charge in [-0.2, -0.15) is 5.10 Å². The number of amides is 1. The molecule has 0 radical (unpaired) electrons. The topological polar surface area (TPSA) is 97.7 Å². The SMILES string of the molecule is Cc1[nH]n(-c2ccccc2)c(=O)c1C=NNC(=O)[C@@H]1COc2cc3ccccc3cc2O1. The lowest BCUT2D eigenvalue weighted by atomic mass is 10.1. The maximum atomic E-state index is 12.7. The normalized spacial score (nSPS) is 15.2. The molecule has 0 fully saturated rings. The number of ether oxygens (including phenoxy) is 2. The third-order valence-electron chi connectivity index (χ3n) is 5.26. The molecule has 32 heavy (non-hydrogen) atoms. The molecule has 1 aromatic heterocycles. The van der Waals surface area contributed by atoms with Gasteiger partial charge in [-0.25, -0.2) is 10.1 Å². The zero-order valence-electron chi connectivity index (χ0n) is 17.2. The second kappa shape index (κ2) is 8.07. The van der Waals surface area contributed by atoms with E-state index in [0.29, 0.717) is 28.4 Å². The minimum atomic E-state index is -0.853. The van der Waals surface area contributed by atoms with Crippen LogP contribution >= 0.6 is 0 Å². The van der Waals surface area contributed by atoms with Crippen LogP contribution in [-0.2, 0) is 4.79 Å². The maximum absolute atomic E-state index is 12.7. The predicted octanol–water partition coefficient (Wildman–Crippen LogP) is 2.92. The molecule has 0 saturated carbocycles. The van der Waals surface area contributed by atoms with E-state index in [0.717, 1.165) is 10.8 Å². The van der Waals surface area contributed by atoms with E-state index in [-0.39, 0.29) is 12.2 Å². The van der Waals surface area contributed by atoms with Crippen LogP contribution in [-0.4, -0.2) is 34.6 Å². The number of carbonyl (C=O) groups is 1. The molecule has 160 valence electrons. The number of H-pyrrole nitrogens is 1. The quantitative estimate of drug-likeness (QED) is 0.386. The number of para-hydroxylation sites is 1. The van der Waals surface area contributed by atoms with E-state index < -0.39 is 12.0 Å². The van der Waals surface area contributed by atoms with Gasteiger partial charge in [0.25, 0.3) is 11.5 Å². The highest BCUT2D eigenvalue weighted by Gasteiger charge is 2.27. The Balaban J connectivity index is 1.29. The predicted molar refractivity (Wildman–Crippen MR) is 121 cm³/mol. The maximum Gasteiger partial charge on any atom is 0.284 e. The van der Waals surface area contributed by atoms with E-state index in [2.05, 4.69) is 15.6 Å². The average molecular weight is 428 g/mol. The number of benzene rings is 3. The van der Waals surface area contributed by atoms with Gasteiger partial charge in [0, 0.05) is 5.69 Å². The zero-order chi connectivity index (χ0) is 22.1. The third kappa shape index (κ3) is 3.62. The van der Waals surface area contributed by atoms with Crippen LogP contribution in [0.15, 0.2) is 76.6 Å². The number of hydrogen-bond donors (Lipinski definition) is 2. The summed E-state index contributed by atoms with van der Waals surface area (Å²) in [6.45, 7) is 1.83. The molecule has 2 N–H and O–H groups in total. The van der Waals surface area contributed by atoms with Gasteiger partial charge in [-0.1, -0.05) is 42.5 Å². The van der Waals surface area contributed by atoms with Crippen molar-refractivity contribution in [2.45, 2.75) is 13.0 Å². The molecule has 0 unspecified atom stereocenters. The second-order valence-corrected chi connectivity index (χ2v) is 7.42. The van der Waals surface area contributed by atoms with Crippen molar-refractivity contribution in [1.82, 2.24) is 15.2 Å². The molecule has 1 amide bonds. The fourth-order valence-corrected chi connectivity index (χ4v) is 3.59. The van der Waals surface area contributed by atoms with Crippen molar-refractivity contribution >= 4 is 22.9 Å². The zero-order valence-corrected chi connectivity index (χ0v) is 17.2. The summed E-state index contributed by atoms with van der Waals surface area (Å²) in [4.78, 5) is 25.2. The van der Waals surface area contributed by atoms with Crippen molar-refractivity contribution in [1.29, 1.82) is 0 Å². The minimum Gasteiger partial charge on any atom is -0.485 e. The number of nitrogens with one attached hydrogen (secondary N) is 2. The van der Waals surface area contributed by atoms with Crippen molar-refractivity contribution in [3.63, 3.8) is 0 Å². The lowest BCUT2D eigenvalue weighted by Gasteiger charge is -2.25. The van der Waals surface area contributed by atoms with Crippen molar-refractivity contribution in [2.24, 2.45) is 5.10 Å².